The van der Waals surface area contributed by atoms with Gasteiger partial charge in [0.05, 0.1) is 38.6 Å². The molecule has 330 valence electrons. The molecule has 4 fully saturated rings. The predicted molar refractivity (Wildman–Crippen MR) is 174 cm³/mol. The van der Waals surface area contributed by atoms with Gasteiger partial charge in [-0.3, -0.25) is 9.59 Å². The van der Waals surface area contributed by atoms with Crippen LogP contribution in [0.3, 0.4) is 0 Å². The Morgan fingerprint density at radius 2 is 1.21 bits per heavy atom. The Balaban J connectivity index is 1.71. The maximum atomic E-state index is 12.9. The Morgan fingerprint density at radius 1 is 0.684 bits per heavy atom. The van der Waals surface area contributed by atoms with E-state index in [1.54, 1.807) is 0 Å². The van der Waals surface area contributed by atoms with E-state index >= 15 is 0 Å². The molecule has 0 aromatic carbocycles. The highest BCUT2D eigenvalue weighted by Gasteiger charge is 2.60. The van der Waals surface area contributed by atoms with Crippen LogP contribution in [-0.2, 0) is 47.5 Å². The van der Waals surface area contributed by atoms with Crippen molar-refractivity contribution in [3.8, 4) is 0 Å². The molecule has 0 aliphatic carbocycles. The smallest absolute Gasteiger partial charge is 0.364 e. The number of rotatable bonds is 15. The third kappa shape index (κ3) is 10.2. The Bertz CT molecular complexity index is 1350. The number of hydrogen-bond acceptors (Lipinski definition) is 23. The topological polar surface area (TPSA) is 423 Å². The van der Waals surface area contributed by atoms with Crippen molar-refractivity contribution in [2.75, 3.05) is 26.4 Å². The van der Waals surface area contributed by atoms with Crippen molar-refractivity contribution in [3.05, 3.63) is 0 Å². The van der Waals surface area contributed by atoms with Gasteiger partial charge in [-0.1, -0.05) is 0 Å². The van der Waals surface area contributed by atoms with E-state index in [-0.39, 0.29) is 0 Å². The van der Waals surface area contributed by atoms with Crippen molar-refractivity contribution in [1.82, 2.24) is 10.6 Å². The normalized spacial score (nSPS) is 45.1. The van der Waals surface area contributed by atoms with Crippen molar-refractivity contribution in [2.45, 2.75) is 149 Å². The molecular weight excluding hydrogens is 784 g/mol. The number of aliphatic hydroxyl groups excluding tert-OH is 13. The van der Waals surface area contributed by atoms with Crippen LogP contribution >= 0.6 is 0 Å². The number of amides is 2. The van der Waals surface area contributed by atoms with Gasteiger partial charge in [-0.2, -0.15) is 0 Å². The first kappa shape index (κ1) is 47.3. The zero-order chi connectivity index (χ0) is 42.7. The van der Waals surface area contributed by atoms with E-state index < -0.39 is 179 Å². The molecule has 4 aliphatic rings. The highest BCUT2D eigenvalue weighted by atomic mass is 16.8. The molecule has 0 saturated carbocycles. The van der Waals surface area contributed by atoms with E-state index in [1.807, 2.05) is 0 Å². The van der Waals surface area contributed by atoms with Gasteiger partial charge in [-0.15, -0.1) is 0 Å². The lowest BCUT2D eigenvalue weighted by Crippen LogP contribution is -2.71. The summed E-state index contributed by atoms with van der Waals surface area (Å²) in [4.78, 5) is 37.0. The van der Waals surface area contributed by atoms with E-state index in [0.717, 1.165) is 13.8 Å². The molecule has 0 aromatic rings. The molecule has 21 atom stereocenters. The zero-order valence-corrected chi connectivity index (χ0v) is 30.4. The second-order valence-corrected chi connectivity index (χ2v) is 14.0. The monoisotopic (exact) mass is 836 g/mol. The number of carbonyl (C=O) groups is 3. The maximum absolute atomic E-state index is 12.9. The lowest BCUT2D eigenvalue weighted by Gasteiger charge is -2.51. The molecule has 0 unspecified atom stereocenters. The molecule has 16 N–H and O–H groups in total. The Hall–Kier alpha value is -2.39. The molecule has 2 amide bonds. The second kappa shape index (κ2) is 19.8. The standard InChI is InChI=1S/C31H52N2O24/c1-8(38)32-15-10(40)3-31(30(49)50,56-24(15)17(42)11(41)4-34)57-26-19(44)13(6-36)53-29(22(26)47)54-23-14(7-37)51-27(48)16(33-9(2)39)25(23)55-28-21(46)20(45)18(43)12(5-35)52-28/h10-29,34-37,40-48H,3-7H2,1-2H3,(H,32,38)(H,33,39)(H,49,50)/t10-,11+,12-,13+,14+,15+,16+,17+,18+,19-,20+,21-,22+,23+,24+,25+,26-,27+,28-,29-,31-/m0/s1. The van der Waals surface area contributed by atoms with Crippen LogP contribution in [0.2, 0.25) is 0 Å². The summed E-state index contributed by atoms with van der Waals surface area (Å²) in [6, 6.07) is -3.30. The third-order valence-electron chi connectivity index (χ3n) is 9.98. The molecule has 0 radical (unpaired) electrons. The summed E-state index contributed by atoms with van der Waals surface area (Å²) in [5, 5.41) is 151. The number of carbonyl (C=O) groups excluding carboxylic acids is 2. The summed E-state index contributed by atoms with van der Waals surface area (Å²) >= 11 is 0. The average molecular weight is 837 g/mol. The largest absolute Gasteiger partial charge is 0.477 e. The minimum absolute atomic E-state index is 0.793. The quantitative estimate of drug-likeness (QED) is 0.0728. The van der Waals surface area contributed by atoms with Crippen molar-refractivity contribution < 1.29 is 119 Å². The molecule has 26 heteroatoms. The minimum atomic E-state index is -3.14. The Morgan fingerprint density at radius 3 is 1.74 bits per heavy atom. The molecule has 0 spiro atoms. The predicted octanol–water partition coefficient (Wildman–Crippen LogP) is -10.3. The SMILES string of the molecule is CC(=O)N[C@@H]1[C@@H](O[C@@H]2O[C@@H](CO)[C@@H](O)[C@@H](O)[C@@H]2O)[C@H](O[C@@H]2O[C@H](CO)[C@H](O)[C@H](O[C@]3(C(=O)O)C[C@H](O)[C@@H](NC(C)=O)[C@H]([C@H](O)[C@H](O)CO)O3)[C@H]2O)[C@@H](CO)O[C@H]1O. The number of carboxylic acids is 1. The number of nitrogens with one attached hydrogen (secondary N) is 2. The second-order valence-electron chi connectivity index (χ2n) is 14.0. The van der Waals surface area contributed by atoms with Crippen LogP contribution in [0.4, 0.5) is 0 Å². The van der Waals surface area contributed by atoms with E-state index in [2.05, 4.69) is 10.6 Å². The van der Waals surface area contributed by atoms with Gasteiger partial charge in [0.1, 0.15) is 91.5 Å². The molecule has 0 bridgehead atoms. The van der Waals surface area contributed by atoms with Crippen LogP contribution in [0.15, 0.2) is 0 Å². The number of aliphatic hydroxyl groups is 13. The number of carboxylic acid groups (broad SMARTS) is 1. The fourth-order valence-corrected chi connectivity index (χ4v) is 7.04. The van der Waals surface area contributed by atoms with Gasteiger partial charge < -0.3 is 115 Å². The van der Waals surface area contributed by atoms with Gasteiger partial charge in [0, 0.05) is 20.3 Å². The van der Waals surface area contributed by atoms with Crippen LogP contribution in [0.1, 0.15) is 20.3 Å². The van der Waals surface area contributed by atoms with Crippen molar-refractivity contribution in [2.24, 2.45) is 0 Å². The Kier molecular flexibility index (Phi) is 16.4. The molecule has 4 heterocycles. The number of ether oxygens (including phenoxy) is 7. The number of aliphatic carboxylic acids is 1. The summed E-state index contributed by atoms with van der Waals surface area (Å²) in [7, 11) is 0. The summed E-state index contributed by atoms with van der Waals surface area (Å²) in [5.41, 5.74) is 0. The van der Waals surface area contributed by atoms with Crippen molar-refractivity contribution in [3.63, 3.8) is 0 Å². The van der Waals surface area contributed by atoms with E-state index in [1.165, 1.54) is 0 Å². The first-order valence-corrected chi connectivity index (χ1v) is 17.7. The van der Waals surface area contributed by atoms with Gasteiger partial charge >= 0.3 is 5.97 Å². The van der Waals surface area contributed by atoms with Crippen molar-refractivity contribution >= 4 is 17.8 Å². The van der Waals surface area contributed by atoms with E-state index in [9.17, 15) is 85.9 Å². The van der Waals surface area contributed by atoms with E-state index in [4.69, 9.17) is 33.2 Å². The van der Waals surface area contributed by atoms with Crippen LogP contribution < -0.4 is 10.6 Å². The van der Waals surface area contributed by atoms with Gasteiger partial charge in [0.25, 0.3) is 5.79 Å². The highest BCUT2D eigenvalue weighted by molar-refractivity contribution is 5.76. The summed E-state index contributed by atoms with van der Waals surface area (Å²) < 4.78 is 39.4. The van der Waals surface area contributed by atoms with Crippen LogP contribution in [0, 0.1) is 0 Å². The lowest BCUT2D eigenvalue weighted by molar-refractivity contribution is -0.390. The van der Waals surface area contributed by atoms with Crippen LogP contribution in [0.5, 0.6) is 0 Å². The fourth-order valence-electron chi connectivity index (χ4n) is 7.04. The molecule has 4 aliphatic heterocycles. The molecule has 4 rings (SSSR count). The maximum Gasteiger partial charge on any atom is 0.364 e. The molecule has 26 nitrogen and oxygen atoms in total. The summed E-state index contributed by atoms with van der Waals surface area (Å²) in [6.07, 6.45) is -36.7. The zero-order valence-electron chi connectivity index (χ0n) is 30.4. The first-order chi connectivity index (χ1) is 26.7. The molecular formula is C31H52N2O24. The van der Waals surface area contributed by atoms with Gasteiger partial charge in [-0.05, 0) is 0 Å². The van der Waals surface area contributed by atoms with Gasteiger partial charge in [0.15, 0.2) is 18.9 Å². The summed E-state index contributed by atoms with van der Waals surface area (Å²) in [5.74, 6) is -6.77. The van der Waals surface area contributed by atoms with Crippen molar-refractivity contribution in [1.29, 1.82) is 0 Å². The average Bonchev–Trinajstić information content (AvgIpc) is 3.16. The van der Waals surface area contributed by atoms with Crippen LogP contribution in [0.25, 0.3) is 0 Å². The van der Waals surface area contributed by atoms with Crippen LogP contribution in [-0.4, -0.2) is 244 Å². The fraction of sp³-hybridized carbons (Fsp3) is 0.903. The molecule has 57 heavy (non-hydrogen) atoms. The molecule has 4 saturated heterocycles. The lowest BCUT2D eigenvalue weighted by atomic mass is 9.88. The number of hydrogen-bond donors (Lipinski definition) is 16. The minimum Gasteiger partial charge on any atom is -0.477 e. The third-order valence-corrected chi connectivity index (χ3v) is 9.98. The first-order valence-electron chi connectivity index (χ1n) is 17.7. The van der Waals surface area contributed by atoms with Gasteiger partial charge in [0.2, 0.25) is 11.8 Å². The molecule has 0 aromatic heterocycles. The highest BCUT2D eigenvalue weighted by Crippen LogP contribution is 2.39. The summed E-state index contributed by atoms with van der Waals surface area (Å²) in [6.45, 7) is -2.05. The van der Waals surface area contributed by atoms with Gasteiger partial charge in [-0.25, -0.2) is 4.79 Å². The Labute approximate surface area is 322 Å². The van der Waals surface area contributed by atoms with E-state index in [0.29, 0.717) is 0 Å².